The predicted molar refractivity (Wildman–Crippen MR) is 87.4 cm³/mol. The summed E-state index contributed by atoms with van der Waals surface area (Å²) < 4.78 is 0. The van der Waals surface area contributed by atoms with Gasteiger partial charge in [-0.1, -0.05) is 52.0 Å². The lowest BCUT2D eigenvalue weighted by Gasteiger charge is -2.20. The summed E-state index contributed by atoms with van der Waals surface area (Å²) in [7, 11) is 0. The van der Waals surface area contributed by atoms with Crippen LogP contribution in [-0.4, -0.2) is 10.1 Å². The van der Waals surface area contributed by atoms with E-state index in [4.69, 9.17) is 0 Å². The zero-order valence-electron chi connectivity index (χ0n) is 13.4. The lowest BCUT2D eigenvalue weighted by Crippen LogP contribution is -2.11. The Morgan fingerprint density at radius 2 is 1.76 bits per heavy atom. The minimum atomic E-state index is -0.469. The zero-order chi connectivity index (χ0) is 15.5. The maximum Gasteiger partial charge on any atom is 0.0834 e. The van der Waals surface area contributed by atoms with Gasteiger partial charge in [-0.25, -0.2) is 0 Å². The van der Waals surface area contributed by atoms with E-state index in [0.717, 1.165) is 23.1 Å². The molecular weight excluding hydrogens is 258 g/mol. The Morgan fingerprint density at radius 3 is 2.33 bits per heavy atom. The van der Waals surface area contributed by atoms with Crippen LogP contribution in [-0.2, 0) is 18.3 Å². The molecule has 0 radical (unpaired) electrons. The van der Waals surface area contributed by atoms with Crippen LogP contribution in [0.1, 0.15) is 56.1 Å². The number of pyridine rings is 1. The van der Waals surface area contributed by atoms with Crippen molar-refractivity contribution in [2.75, 3.05) is 0 Å². The van der Waals surface area contributed by atoms with Crippen molar-refractivity contribution < 1.29 is 5.11 Å². The first-order valence-electron chi connectivity index (χ1n) is 7.62. The smallest absolute Gasteiger partial charge is 0.0834 e. The summed E-state index contributed by atoms with van der Waals surface area (Å²) in [5.41, 5.74) is 4.76. The summed E-state index contributed by atoms with van der Waals surface area (Å²) in [5, 5.41) is 10.5. The van der Waals surface area contributed by atoms with Gasteiger partial charge in [0.15, 0.2) is 0 Å². The maximum absolute atomic E-state index is 10.5. The second kappa shape index (κ2) is 6.40. The lowest BCUT2D eigenvalue weighted by atomic mass is 9.86. The number of aromatic nitrogens is 1. The van der Waals surface area contributed by atoms with Crippen molar-refractivity contribution in [3.8, 4) is 0 Å². The van der Waals surface area contributed by atoms with Crippen molar-refractivity contribution in [2.24, 2.45) is 0 Å². The Morgan fingerprint density at radius 1 is 1.10 bits per heavy atom. The summed E-state index contributed by atoms with van der Waals surface area (Å²) in [6, 6.07) is 10.5. The molecule has 1 N–H and O–H groups in total. The van der Waals surface area contributed by atoms with Crippen molar-refractivity contribution >= 4 is 0 Å². The third-order valence-electron chi connectivity index (χ3n) is 3.93. The summed E-state index contributed by atoms with van der Waals surface area (Å²) >= 11 is 0. The molecule has 1 aromatic carbocycles. The van der Waals surface area contributed by atoms with Crippen molar-refractivity contribution in [1.29, 1.82) is 0 Å². The number of hydrogen-bond acceptors (Lipinski definition) is 2. The SMILES string of the molecule is CCc1cnccc1C(O)Cc1ccc(C(C)(C)C)cc1. The Kier molecular flexibility index (Phi) is 4.79. The van der Waals surface area contributed by atoms with E-state index in [-0.39, 0.29) is 5.41 Å². The fraction of sp³-hybridized carbons (Fsp3) is 0.421. The van der Waals surface area contributed by atoms with Crippen molar-refractivity contribution in [2.45, 2.75) is 52.1 Å². The first kappa shape index (κ1) is 15.7. The third-order valence-corrected chi connectivity index (χ3v) is 3.93. The van der Waals surface area contributed by atoms with Gasteiger partial charge in [0.1, 0.15) is 0 Å². The largest absolute Gasteiger partial charge is 0.388 e. The van der Waals surface area contributed by atoms with Gasteiger partial charge in [-0.05, 0) is 40.2 Å². The lowest BCUT2D eigenvalue weighted by molar-refractivity contribution is 0.177. The molecule has 1 aromatic heterocycles. The molecule has 0 saturated carbocycles. The average Bonchev–Trinajstić information content (AvgIpc) is 2.46. The van der Waals surface area contributed by atoms with E-state index in [0.29, 0.717) is 6.42 Å². The number of hydrogen-bond donors (Lipinski definition) is 1. The van der Waals surface area contributed by atoms with Crippen LogP contribution < -0.4 is 0 Å². The molecule has 0 aliphatic rings. The molecule has 2 rings (SSSR count). The number of nitrogens with zero attached hydrogens (tertiary/aromatic N) is 1. The second-order valence-corrected chi connectivity index (χ2v) is 6.59. The van der Waals surface area contributed by atoms with Crippen molar-refractivity contribution in [3.63, 3.8) is 0 Å². The first-order chi connectivity index (χ1) is 9.91. The van der Waals surface area contributed by atoms with E-state index >= 15 is 0 Å². The van der Waals surface area contributed by atoms with Gasteiger partial charge in [-0.3, -0.25) is 4.98 Å². The summed E-state index contributed by atoms with van der Waals surface area (Å²) in [6.07, 6.45) is 4.66. The predicted octanol–water partition coefficient (Wildman–Crippen LogP) is 4.22. The minimum absolute atomic E-state index is 0.164. The van der Waals surface area contributed by atoms with E-state index in [1.54, 1.807) is 6.20 Å². The monoisotopic (exact) mass is 283 g/mol. The molecule has 0 aliphatic carbocycles. The van der Waals surface area contributed by atoms with E-state index in [2.05, 4.69) is 56.9 Å². The Labute approximate surface area is 127 Å². The van der Waals surface area contributed by atoms with Gasteiger partial charge in [0.2, 0.25) is 0 Å². The van der Waals surface area contributed by atoms with Gasteiger partial charge in [-0.2, -0.15) is 0 Å². The fourth-order valence-electron chi connectivity index (χ4n) is 2.53. The number of aliphatic hydroxyl groups is 1. The van der Waals surface area contributed by atoms with Crippen LogP contribution >= 0.6 is 0 Å². The Bertz CT molecular complexity index is 581. The van der Waals surface area contributed by atoms with E-state index < -0.39 is 6.10 Å². The second-order valence-electron chi connectivity index (χ2n) is 6.59. The van der Waals surface area contributed by atoms with Gasteiger partial charge in [0, 0.05) is 18.8 Å². The summed E-state index contributed by atoms with van der Waals surface area (Å²) in [4.78, 5) is 4.13. The van der Waals surface area contributed by atoms with Gasteiger partial charge in [0.25, 0.3) is 0 Å². The third kappa shape index (κ3) is 3.92. The number of benzene rings is 1. The summed E-state index contributed by atoms with van der Waals surface area (Å²) in [6.45, 7) is 8.72. The molecule has 0 bridgehead atoms. The fourth-order valence-corrected chi connectivity index (χ4v) is 2.53. The molecule has 21 heavy (non-hydrogen) atoms. The Hall–Kier alpha value is -1.67. The highest BCUT2D eigenvalue weighted by atomic mass is 16.3. The summed E-state index contributed by atoms with van der Waals surface area (Å²) in [5.74, 6) is 0. The number of aliphatic hydroxyl groups excluding tert-OH is 1. The molecule has 0 saturated heterocycles. The molecule has 2 aromatic rings. The molecule has 2 nitrogen and oxygen atoms in total. The molecular formula is C19H25NO. The molecule has 1 unspecified atom stereocenters. The molecule has 0 amide bonds. The van der Waals surface area contributed by atoms with Crippen molar-refractivity contribution in [3.05, 3.63) is 65.0 Å². The molecule has 1 heterocycles. The van der Waals surface area contributed by atoms with E-state index in [1.807, 2.05) is 12.3 Å². The quantitative estimate of drug-likeness (QED) is 0.911. The van der Waals surface area contributed by atoms with Crippen molar-refractivity contribution in [1.82, 2.24) is 4.98 Å². The highest BCUT2D eigenvalue weighted by molar-refractivity contribution is 5.31. The van der Waals surface area contributed by atoms with Gasteiger partial charge >= 0.3 is 0 Å². The molecule has 1 atom stereocenters. The van der Waals surface area contributed by atoms with Crippen LogP contribution in [0.2, 0.25) is 0 Å². The molecule has 0 fully saturated rings. The normalized spacial score (nSPS) is 13.2. The zero-order valence-corrected chi connectivity index (χ0v) is 13.4. The number of rotatable bonds is 4. The number of aryl methyl sites for hydroxylation is 1. The van der Waals surface area contributed by atoms with Crippen LogP contribution in [0.5, 0.6) is 0 Å². The maximum atomic E-state index is 10.5. The van der Waals surface area contributed by atoms with Crippen LogP contribution in [0.25, 0.3) is 0 Å². The van der Waals surface area contributed by atoms with E-state index in [1.165, 1.54) is 5.56 Å². The first-order valence-corrected chi connectivity index (χ1v) is 7.62. The van der Waals surface area contributed by atoms with Gasteiger partial charge < -0.3 is 5.11 Å². The molecule has 2 heteroatoms. The molecule has 112 valence electrons. The van der Waals surface area contributed by atoms with Crippen LogP contribution in [0, 0.1) is 0 Å². The van der Waals surface area contributed by atoms with Crippen LogP contribution in [0.3, 0.4) is 0 Å². The Balaban J connectivity index is 2.14. The topological polar surface area (TPSA) is 33.1 Å². The van der Waals surface area contributed by atoms with Gasteiger partial charge in [-0.15, -0.1) is 0 Å². The minimum Gasteiger partial charge on any atom is -0.388 e. The highest BCUT2D eigenvalue weighted by Gasteiger charge is 2.15. The molecule has 0 spiro atoms. The van der Waals surface area contributed by atoms with Gasteiger partial charge in [0.05, 0.1) is 6.10 Å². The highest BCUT2D eigenvalue weighted by Crippen LogP contribution is 2.25. The van der Waals surface area contributed by atoms with Crippen LogP contribution in [0.4, 0.5) is 0 Å². The van der Waals surface area contributed by atoms with E-state index in [9.17, 15) is 5.11 Å². The standard InChI is InChI=1S/C19H25NO/c1-5-15-13-20-11-10-17(15)18(21)12-14-6-8-16(9-7-14)19(2,3)4/h6-11,13,18,21H,5,12H2,1-4H3. The average molecular weight is 283 g/mol. The van der Waals surface area contributed by atoms with Crippen LogP contribution in [0.15, 0.2) is 42.7 Å². The molecule has 0 aliphatic heterocycles.